The average molecular weight is 315 g/mol. The van der Waals surface area contributed by atoms with E-state index in [1.807, 2.05) is 40.1 Å². The number of pyridine rings is 1. The minimum absolute atomic E-state index is 0.206. The lowest BCUT2D eigenvalue weighted by Gasteiger charge is -2.05. The van der Waals surface area contributed by atoms with Crippen LogP contribution in [0.1, 0.15) is 40.1 Å². The van der Waals surface area contributed by atoms with Gasteiger partial charge in [-0.15, -0.1) is 0 Å². The number of aromatic nitrogens is 1. The van der Waals surface area contributed by atoms with Crippen molar-refractivity contribution in [1.82, 2.24) is 15.6 Å². The van der Waals surface area contributed by atoms with Gasteiger partial charge in [-0.25, -0.2) is 0 Å². The molecular weight excluding hydrogens is 290 g/mol. The van der Waals surface area contributed by atoms with Gasteiger partial charge in [0.25, 0.3) is 5.91 Å². The fourth-order valence-corrected chi connectivity index (χ4v) is 1.54. The standard InChI is InChI=1S/C14H12N2O2.C2H7N.C2H6/c17-10-11-3-1-5-13(7-11)14(18)16-9-12-4-2-6-15-8-12;1-3-2;1-2/h1-8,10H,9H2,(H,16,18);3H,1-2H3;1-2H3. The van der Waals surface area contributed by atoms with E-state index >= 15 is 0 Å². The molecule has 0 aliphatic heterocycles. The topological polar surface area (TPSA) is 71.1 Å². The third-order valence-electron chi connectivity index (χ3n) is 2.46. The van der Waals surface area contributed by atoms with Gasteiger partial charge < -0.3 is 10.6 Å². The highest BCUT2D eigenvalue weighted by molar-refractivity contribution is 5.95. The van der Waals surface area contributed by atoms with Crippen LogP contribution >= 0.6 is 0 Å². The summed E-state index contributed by atoms with van der Waals surface area (Å²) in [5.74, 6) is -0.206. The molecule has 0 saturated carbocycles. The molecule has 0 unspecified atom stereocenters. The van der Waals surface area contributed by atoms with Crippen LogP contribution in [0.2, 0.25) is 0 Å². The number of amides is 1. The lowest BCUT2D eigenvalue weighted by atomic mass is 10.1. The van der Waals surface area contributed by atoms with E-state index in [4.69, 9.17) is 0 Å². The maximum absolute atomic E-state index is 11.8. The number of benzene rings is 1. The number of aldehydes is 1. The number of carbonyl (C=O) groups excluding carboxylic acids is 2. The highest BCUT2D eigenvalue weighted by atomic mass is 16.1. The zero-order chi connectivity index (χ0) is 17.5. The largest absolute Gasteiger partial charge is 0.348 e. The minimum Gasteiger partial charge on any atom is -0.348 e. The second-order valence-corrected chi connectivity index (χ2v) is 4.29. The van der Waals surface area contributed by atoms with Crippen molar-refractivity contribution in [2.24, 2.45) is 0 Å². The molecule has 1 aromatic carbocycles. The third-order valence-corrected chi connectivity index (χ3v) is 2.46. The second-order valence-electron chi connectivity index (χ2n) is 4.29. The first-order valence-corrected chi connectivity index (χ1v) is 7.52. The number of rotatable bonds is 4. The number of carbonyl (C=O) groups is 2. The molecule has 0 spiro atoms. The van der Waals surface area contributed by atoms with E-state index in [-0.39, 0.29) is 5.91 Å². The van der Waals surface area contributed by atoms with Crippen LogP contribution in [0.5, 0.6) is 0 Å². The number of nitrogens with one attached hydrogen (secondary N) is 2. The van der Waals surface area contributed by atoms with Crippen molar-refractivity contribution in [2.45, 2.75) is 20.4 Å². The van der Waals surface area contributed by atoms with Gasteiger partial charge in [-0.2, -0.15) is 0 Å². The van der Waals surface area contributed by atoms with Crippen molar-refractivity contribution >= 4 is 12.2 Å². The van der Waals surface area contributed by atoms with Crippen LogP contribution in [0.4, 0.5) is 0 Å². The maximum Gasteiger partial charge on any atom is 0.251 e. The molecule has 5 nitrogen and oxygen atoms in total. The molecule has 0 radical (unpaired) electrons. The SMILES string of the molecule is CC.CNC.O=Cc1cccc(C(=O)NCc2cccnc2)c1. The molecule has 1 amide bonds. The zero-order valence-electron chi connectivity index (χ0n) is 14.2. The van der Waals surface area contributed by atoms with E-state index in [1.165, 1.54) is 0 Å². The van der Waals surface area contributed by atoms with Crippen LogP contribution in [-0.2, 0) is 6.54 Å². The van der Waals surface area contributed by atoms with Gasteiger partial charge in [-0.05, 0) is 37.9 Å². The molecule has 2 rings (SSSR count). The first kappa shape index (κ1) is 20.5. The highest BCUT2D eigenvalue weighted by Gasteiger charge is 2.05. The van der Waals surface area contributed by atoms with Crippen LogP contribution in [-0.4, -0.2) is 31.3 Å². The summed E-state index contributed by atoms with van der Waals surface area (Å²) in [6, 6.07) is 10.3. The first-order valence-electron chi connectivity index (χ1n) is 7.52. The van der Waals surface area contributed by atoms with E-state index in [0.29, 0.717) is 17.7 Å². The van der Waals surface area contributed by atoms with Crippen molar-refractivity contribution in [2.75, 3.05) is 14.1 Å². The molecule has 2 N–H and O–H groups in total. The molecule has 124 valence electrons. The fraction of sp³-hybridized carbons (Fsp3) is 0.278. The number of nitrogens with zero attached hydrogens (tertiary/aromatic N) is 1. The third kappa shape index (κ3) is 8.48. The van der Waals surface area contributed by atoms with Crippen LogP contribution in [0.3, 0.4) is 0 Å². The molecule has 2 aromatic rings. The van der Waals surface area contributed by atoms with E-state index in [2.05, 4.69) is 15.6 Å². The van der Waals surface area contributed by atoms with E-state index < -0.39 is 0 Å². The summed E-state index contributed by atoms with van der Waals surface area (Å²) in [6.07, 6.45) is 4.10. The summed E-state index contributed by atoms with van der Waals surface area (Å²) < 4.78 is 0. The number of hydrogen-bond acceptors (Lipinski definition) is 4. The predicted molar refractivity (Wildman–Crippen MR) is 93.6 cm³/mol. The Bertz CT molecular complexity index is 571. The Kier molecular flexibility index (Phi) is 11.7. The Balaban J connectivity index is 0.000000868. The highest BCUT2D eigenvalue weighted by Crippen LogP contribution is 2.04. The van der Waals surface area contributed by atoms with Gasteiger partial charge >= 0.3 is 0 Å². The van der Waals surface area contributed by atoms with Gasteiger partial charge in [0.05, 0.1) is 0 Å². The molecule has 1 heterocycles. The molecule has 5 heteroatoms. The summed E-state index contributed by atoms with van der Waals surface area (Å²) >= 11 is 0. The smallest absolute Gasteiger partial charge is 0.251 e. The summed E-state index contributed by atoms with van der Waals surface area (Å²) in [5.41, 5.74) is 1.89. The zero-order valence-corrected chi connectivity index (χ0v) is 14.2. The Morgan fingerprint density at radius 1 is 1.17 bits per heavy atom. The van der Waals surface area contributed by atoms with Crippen LogP contribution in [0.15, 0.2) is 48.8 Å². The number of hydrogen-bond donors (Lipinski definition) is 2. The molecule has 0 saturated heterocycles. The molecule has 0 bridgehead atoms. The second kappa shape index (κ2) is 13.2. The van der Waals surface area contributed by atoms with Crippen molar-refractivity contribution in [3.05, 3.63) is 65.5 Å². The van der Waals surface area contributed by atoms with Crippen molar-refractivity contribution in [1.29, 1.82) is 0 Å². The molecular formula is C18H25N3O2. The van der Waals surface area contributed by atoms with Gasteiger partial charge in [0.1, 0.15) is 6.29 Å². The Morgan fingerprint density at radius 3 is 2.43 bits per heavy atom. The molecule has 1 aromatic heterocycles. The Labute approximate surface area is 138 Å². The Hall–Kier alpha value is -2.53. The predicted octanol–water partition coefficient (Wildman–Crippen LogP) is 2.69. The van der Waals surface area contributed by atoms with Gasteiger partial charge in [0.2, 0.25) is 0 Å². The normalized spacial score (nSPS) is 8.70. The molecule has 0 aliphatic rings. The molecule has 23 heavy (non-hydrogen) atoms. The summed E-state index contributed by atoms with van der Waals surface area (Å²) in [6.45, 7) is 4.41. The van der Waals surface area contributed by atoms with E-state index in [9.17, 15) is 9.59 Å². The lowest BCUT2D eigenvalue weighted by molar-refractivity contribution is 0.0951. The minimum atomic E-state index is -0.206. The quantitative estimate of drug-likeness (QED) is 0.851. The van der Waals surface area contributed by atoms with Gasteiger partial charge in [0, 0.05) is 30.1 Å². The van der Waals surface area contributed by atoms with Gasteiger partial charge in [0.15, 0.2) is 0 Å². The van der Waals surface area contributed by atoms with Crippen LogP contribution < -0.4 is 10.6 Å². The first-order chi connectivity index (χ1) is 11.2. The molecule has 0 fully saturated rings. The van der Waals surface area contributed by atoms with E-state index in [1.54, 1.807) is 36.7 Å². The summed E-state index contributed by atoms with van der Waals surface area (Å²) in [5, 5.41) is 5.52. The molecule has 0 aliphatic carbocycles. The van der Waals surface area contributed by atoms with Crippen molar-refractivity contribution in [3.63, 3.8) is 0 Å². The monoisotopic (exact) mass is 315 g/mol. The van der Waals surface area contributed by atoms with Gasteiger partial charge in [-0.1, -0.05) is 32.0 Å². The van der Waals surface area contributed by atoms with Crippen molar-refractivity contribution < 1.29 is 9.59 Å². The fourth-order valence-electron chi connectivity index (χ4n) is 1.54. The summed E-state index contributed by atoms with van der Waals surface area (Å²) in [4.78, 5) is 26.4. The van der Waals surface area contributed by atoms with E-state index in [0.717, 1.165) is 11.8 Å². The van der Waals surface area contributed by atoms with Crippen molar-refractivity contribution in [3.8, 4) is 0 Å². The lowest BCUT2D eigenvalue weighted by Crippen LogP contribution is -2.22. The van der Waals surface area contributed by atoms with Gasteiger partial charge in [-0.3, -0.25) is 14.6 Å². The summed E-state index contributed by atoms with van der Waals surface area (Å²) in [7, 11) is 3.75. The molecule has 0 atom stereocenters. The van der Waals surface area contributed by atoms with Crippen LogP contribution in [0.25, 0.3) is 0 Å². The maximum atomic E-state index is 11.8. The van der Waals surface area contributed by atoms with Crippen LogP contribution in [0, 0.1) is 0 Å². The average Bonchev–Trinajstić information content (AvgIpc) is 2.63. The Morgan fingerprint density at radius 2 is 1.87 bits per heavy atom.